The lowest BCUT2D eigenvalue weighted by Gasteiger charge is -2.43. The van der Waals surface area contributed by atoms with Gasteiger partial charge in [0.25, 0.3) is 0 Å². The Labute approximate surface area is 175 Å². The molecule has 1 saturated carbocycles. The van der Waals surface area contributed by atoms with Gasteiger partial charge < -0.3 is 14.5 Å². The molecule has 2 saturated heterocycles. The Balaban J connectivity index is 1.50. The highest BCUT2D eigenvalue weighted by atomic mass is 16.5. The van der Waals surface area contributed by atoms with E-state index in [1.165, 1.54) is 32.1 Å². The van der Waals surface area contributed by atoms with E-state index >= 15 is 0 Å². The number of rotatable bonds is 5. The number of morpholine rings is 1. The van der Waals surface area contributed by atoms with E-state index in [-0.39, 0.29) is 12.1 Å². The number of amides is 1. The number of nitrogens with zero attached hydrogens (tertiary/aromatic N) is 5. The highest BCUT2D eigenvalue weighted by Gasteiger charge is 2.38. The van der Waals surface area contributed by atoms with Crippen LogP contribution in [0.4, 0.5) is 0 Å². The Morgan fingerprint density at radius 1 is 1.10 bits per heavy atom. The Hall–Kier alpha value is -1.44. The normalized spacial score (nSPS) is 28.0. The van der Waals surface area contributed by atoms with E-state index in [0.29, 0.717) is 31.4 Å². The van der Waals surface area contributed by atoms with Gasteiger partial charge in [0.05, 0.1) is 24.9 Å². The molecule has 0 radical (unpaired) electrons. The summed E-state index contributed by atoms with van der Waals surface area (Å²) in [5, 5.41) is 4.40. The summed E-state index contributed by atoms with van der Waals surface area (Å²) < 4.78 is 8.12. The second kappa shape index (κ2) is 9.58. The van der Waals surface area contributed by atoms with Crippen molar-refractivity contribution in [2.75, 3.05) is 52.9 Å². The van der Waals surface area contributed by atoms with Gasteiger partial charge in [0.2, 0.25) is 5.91 Å². The molecule has 0 unspecified atom stereocenters. The number of carbonyl (C=O) groups excluding carboxylic acids is 1. The van der Waals surface area contributed by atoms with E-state index in [2.05, 4.69) is 33.0 Å². The summed E-state index contributed by atoms with van der Waals surface area (Å²) in [5.41, 5.74) is 1.10. The molecule has 3 heterocycles. The van der Waals surface area contributed by atoms with Crippen LogP contribution in [0.3, 0.4) is 0 Å². The second-order valence-electron chi connectivity index (χ2n) is 9.20. The minimum atomic E-state index is -0.0349. The van der Waals surface area contributed by atoms with Crippen LogP contribution in [0.5, 0.6) is 0 Å². The predicted molar refractivity (Wildman–Crippen MR) is 113 cm³/mol. The Kier molecular flexibility index (Phi) is 6.88. The highest BCUT2D eigenvalue weighted by Crippen LogP contribution is 2.34. The van der Waals surface area contributed by atoms with Gasteiger partial charge in [0.1, 0.15) is 0 Å². The quantitative estimate of drug-likeness (QED) is 0.752. The van der Waals surface area contributed by atoms with Gasteiger partial charge in [-0.25, -0.2) is 0 Å². The number of hydrogen-bond acceptors (Lipinski definition) is 5. The van der Waals surface area contributed by atoms with Crippen LogP contribution in [0, 0.1) is 5.92 Å². The van der Waals surface area contributed by atoms with Gasteiger partial charge in [-0.2, -0.15) is 5.10 Å². The van der Waals surface area contributed by atoms with Crippen molar-refractivity contribution in [1.29, 1.82) is 0 Å². The van der Waals surface area contributed by atoms with Crippen LogP contribution in [0.2, 0.25) is 0 Å². The van der Waals surface area contributed by atoms with Crippen molar-refractivity contribution >= 4 is 5.91 Å². The number of aromatic nitrogens is 2. The molecule has 29 heavy (non-hydrogen) atoms. The first-order valence-corrected chi connectivity index (χ1v) is 11.4. The molecule has 7 heteroatoms. The fourth-order valence-corrected chi connectivity index (χ4v) is 5.27. The SMILES string of the molecule is CN1CCCN(C[C@@H]2OCCN(C(=O)CC3CCCC3)[C@H]2c2cnn(C)c2)CC1. The van der Waals surface area contributed by atoms with Crippen LogP contribution < -0.4 is 0 Å². The first-order chi connectivity index (χ1) is 14.1. The fraction of sp³-hybridized carbons (Fsp3) is 0.818. The third-order valence-electron chi connectivity index (χ3n) is 6.93. The average Bonchev–Trinajstić information content (AvgIpc) is 3.32. The first-order valence-electron chi connectivity index (χ1n) is 11.4. The zero-order valence-corrected chi connectivity index (χ0v) is 18.1. The van der Waals surface area contributed by atoms with Gasteiger partial charge in [-0.1, -0.05) is 12.8 Å². The molecule has 4 rings (SSSR count). The zero-order chi connectivity index (χ0) is 20.2. The number of hydrogen-bond donors (Lipinski definition) is 0. The summed E-state index contributed by atoms with van der Waals surface area (Å²) in [6, 6.07) is -0.0349. The second-order valence-corrected chi connectivity index (χ2v) is 9.20. The summed E-state index contributed by atoms with van der Waals surface area (Å²) in [6.07, 6.45) is 10.8. The van der Waals surface area contributed by atoms with Crippen molar-refractivity contribution in [2.45, 2.75) is 50.7 Å². The van der Waals surface area contributed by atoms with Crippen molar-refractivity contribution in [2.24, 2.45) is 13.0 Å². The summed E-state index contributed by atoms with van der Waals surface area (Å²) in [4.78, 5) is 20.3. The maximum atomic E-state index is 13.3. The van der Waals surface area contributed by atoms with Crippen LogP contribution in [0.15, 0.2) is 12.4 Å². The predicted octanol–water partition coefficient (Wildman–Crippen LogP) is 1.91. The molecule has 1 aromatic heterocycles. The molecule has 0 bridgehead atoms. The molecule has 1 aliphatic carbocycles. The van der Waals surface area contributed by atoms with E-state index in [9.17, 15) is 4.79 Å². The van der Waals surface area contributed by atoms with Gasteiger partial charge in [-0.15, -0.1) is 0 Å². The summed E-state index contributed by atoms with van der Waals surface area (Å²) in [7, 11) is 4.14. The molecule has 2 aliphatic heterocycles. The molecule has 0 aromatic carbocycles. The summed E-state index contributed by atoms with van der Waals surface area (Å²) in [5.74, 6) is 0.870. The smallest absolute Gasteiger partial charge is 0.223 e. The zero-order valence-electron chi connectivity index (χ0n) is 18.1. The minimum Gasteiger partial charge on any atom is -0.373 e. The highest BCUT2D eigenvalue weighted by molar-refractivity contribution is 5.77. The molecule has 162 valence electrons. The van der Waals surface area contributed by atoms with E-state index in [1.54, 1.807) is 0 Å². The number of likely N-dealkylation sites (N-methyl/N-ethyl adjacent to an activating group) is 1. The first kappa shape index (κ1) is 20.8. The van der Waals surface area contributed by atoms with Crippen LogP contribution in [0.25, 0.3) is 0 Å². The van der Waals surface area contributed by atoms with E-state index in [4.69, 9.17) is 4.74 Å². The van der Waals surface area contributed by atoms with E-state index < -0.39 is 0 Å². The molecule has 0 N–H and O–H groups in total. The molecular weight excluding hydrogens is 366 g/mol. The Bertz CT molecular complexity index is 672. The van der Waals surface area contributed by atoms with Crippen LogP contribution in [-0.4, -0.2) is 89.4 Å². The fourth-order valence-electron chi connectivity index (χ4n) is 5.27. The summed E-state index contributed by atoms with van der Waals surface area (Å²) >= 11 is 0. The molecule has 3 fully saturated rings. The van der Waals surface area contributed by atoms with Gasteiger partial charge in [0.15, 0.2) is 0 Å². The van der Waals surface area contributed by atoms with Crippen molar-refractivity contribution in [3.63, 3.8) is 0 Å². The van der Waals surface area contributed by atoms with Gasteiger partial charge in [0, 0.05) is 51.4 Å². The van der Waals surface area contributed by atoms with Crippen LogP contribution in [-0.2, 0) is 16.6 Å². The number of aryl methyl sites for hydroxylation is 1. The molecular formula is C22H37N5O2. The molecule has 0 spiro atoms. The monoisotopic (exact) mass is 403 g/mol. The lowest BCUT2D eigenvalue weighted by Crippen LogP contribution is -2.52. The van der Waals surface area contributed by atoms with Crippen molar-refractivity contribution < 1.29 is 9.53 Å². The maximum absolute atomic E-state index is 13.3. The third kappa shape index (κ3) is 5.19. The lowest BCUT2D eigenvalue weighted by molar-refractivity contribution is -0.149. The maximum Gasteiger partial charge on any atom is 0.223 e. The minimum absolute atomic E-state index is 0.00360. The van der Waals surface area contributed by atoms with Gasteiger partial charge in [-0.05, 0) is 45.3 Å². The van der Waals surface area contributed by atoms with Gasteiger partial charge in [-0.3, -0.25) is 14.4 Å². The van der Waals surface area contributed by atoms with Gasteiger partial charge >= 0.3 is 0 Å². The van der Waals surface area contributed by atoms with Crippen LogP contribution in [0.1, 0.15) is 50.1 Å². The molecule has 7 nitrogen and oxygen atoms in total. The van der Waals surface area contributed by atoms with Crippen molar-refractivity contribution in [3.8, 4) is 0 Å². The standard InChI is InChI=1S/C22H37N5O2/c1-24-8-5-9-26(11-10-24)17-20-22(19-15-23-25(2)16-19)27(12-13-29-20)21(28)14-18-6-3-4-7-18/h15-16,18,20,22H,3-14,17H2,1-2H3/t20-,22-/m0/s1. The topological polar surface area (TPSA) is 53.8 Å². The molecule has 2 atom stereocenters. The Morgan fingerprint density at radius 3 is 2.69 bits per heavy atom. The molecule has 1 aromatic rings. The molecule has 3 aliphatic rings. The van der Waals surface area contributed by atoms with Crippen LogP contribution >= 0.6 is 0 Å². The third-order valence-corrected chi connectivity index (χ3v) is 6.93. The van der Waals surface area contributed by atoms with E-state index in [1.807, 2.05) is 17.9 Å². The lowest BCUT2D eigenvalue weighted by atomic mass is 9.97. The van der Waals surface area contributed by atoms with Crippen molar-refractivity contribution in [3.05, 3.63) is 18.0 Å². The Morgan fingerprint density at radius 2 is 1.93 bits per heavy atom. The largest absolute Gasteiger partial charge is 0.373 e. The number of carbonyl (C=O) groups is 1. The average molecular weight is 404 g/mol. The van der Waals surface area contributed by atoms with Crippen molar-refractivity contribution in [1.82, 2.24) is 24.5 Å². The molecule has 1 amide bonds. The summed E-state index contributed by atoms with van der Waals surface area (Å²) in [6.45, 7) is 6.59. The number of ether oxygens (including phenoxy) is 1. The van der Waals surface area contributed by atoms with E-state index in [0.717, 1.165) is 38.3 Å².